The zero-order valence-electron chi connectivity index (χ0n) is 15.9. The number of alkyl halides is 3. The molecule has 2 heterocycles. The largest absolute Gasteiger partial charge is 0.433 e. The van der Waals surface area contributed by atoms with Crippen LogP contribution in [0.25, 0.3) is 0 Å². The topological polar surface area (TPSA) is 66.4 Å². The standard InChI is InChI=1S/C18H20ClF3N4O2S/c1-12-11-15(13(2)10-14(12)19)29(27,28)26-7-3-6-25(8-9-26)17-23-5-4-16(24-17)18(20,21)22/h4-5,10-11H,3,6-9H2,1-2H3. The van der Waals surface area contributed by atoms with E-state index in [1.807, 2.05) is 0 Å². The van der Waals surface area contributed by atoms with Crippen LogP contribution in [0.3, 0.4) is 0 Å². The maximum Gasteiger partial charge on any atom is 0.433 e. The van der Waals surface area contributed by atoms with Gasteiger partial charge in [-0.25, -0.2) is 18.4 Å². The van der Waals surface area contributed by atoms with Crippen LogP contribution in [-0.4, -0.2) is 48.9 Å². The Hall–Kier alpha value is -1.91. The van der Waals surface area contributed by atoms with Gasteiger partial charge in [-0.15, -0.1) is 0 Å². The Kier molecular flexibility index (Phi) is 6.07. The van der Waals surface area contributed by atoms with Crippen LogP contribution >= 0.6 is 11.6 Å². The third-order valence-corrected chi connectivity index (χ3v) is 7.19. The molecule has 1 aromatic heterocycles. The summed E-state index contributed by atoms with van der Waals surface area (Å²) < 4.78 is 66.4. The summed E-state index contributed by atoms with van der Waals surface area (Å²) in [6.45, 7) is 4.31. The summed E-state index contributed by atoms with van der Waals surface area (Å²) in [6.07, 6.45) is -3.07. The maximum absolute atomic E-state index is 13.1. The smallest absolute Gasteiger partial charge is 0.339 e. The highest BCUT2D eigenvalue weighted by atomic mass is 35.5. The highest BCUT2D eigenvalue weighted by Gasteiger charge is 2.34. The highest BCUT2D eigenvalue weighted by molar-refractivity contribution is 7.89. The number of rotatable bonds is 3. The molecule has 11 heteroatoms. The van der Waals surface area contributed by atoms with Crippen molar-refractivity contribution in [1.82, 2.24) is 14.3 Å². The van der Waals surface area contributed by atoms with Crippen LogP contribution in [-0.2, 0) is 16.2 Å². The molecule has 0 spiro atoms. The molecule has 0 amide bonds. The predicted molar refractivity (Wildman–Crippen MR) is 104 cm³/mol. The number of anilines is 1. The molecule has 0 aliphatic carbocycles. The zero-order chi connectivity index (χ0) is 21.4. The minimum atomic E-state index is -4.57. The van der Waals surface area contributed by atoms with Gasteiger partial charge in [-0.2, -0.15) is 17.5 Å². The van der Waals surface area contributed by atoms with Gasteiger partial charge in [0.15, 0.2) is 0 Å². The van der Waals surface area contributed by atoms with E-state index in [-0.39, 0.29) is 30.5 Å². The molecule has 1 saturated heterocycles. The van der Waals surface area contributed by atoms with Crippen molar-refractivity contribution in [3.8, 4) is 0 Å². The number of hydrogen-bond acceptors (Lipinski definition) is 5. The van der Waals surface area contributed by atoms with Crippen LogP contribution in [0.5, 0.6) is 0 Å². The Balaban J connectivity index is 1.82. The average Bonchev–Trinajstić information content (AvgIpc) is 2.91. The fourth-order valence-electron chi connectivity index (χ4n) is 3.16. The van der Waals surface area contributed by atoms with Gasteiger partial charge < -0.3 is 4.90 Å². The van der Waals surface area contributed by atoms with Gasteiger partial charge >= 0.3 is 6.18 Å². The Morgan fingerprint density at radius 2 is 1.79 bits per heavy atom. The zero-order valence-corrected chi connectivity index (χ0v) is 17.4. The maximum atomic E-state index is 13.1. The second-order valence-corrected chi connectivity index (χ2v) is 9.16. The number of aryl methyl sites for hydroxylation is 2. The van der Waals surface area contributed by atoms with Crippen molar-refractivity contribution in [3.63, 3.8) is 0 Å². The van der Waals surface area contributed by atoms with E-state index in [4.69, 9.17) is 11.6 Å². The molecule has 0 unspecified atom stereocenters. The molecular weight excluding hydrogens is 429 g/mol. The Morgan fingerprint density at radius 3 is 2.48 bits per heavy atom. The van der Waals surface area contributed by atoms with Crippen molar-refractivity contribution in [2.75, 3.05) is 31.1 Å². The van der Waals surface area contributed by atoms with E-state index >= 15 is 0 Å². The van der Waals surface area contributed by atoms with E-state index in [0.717, 1.165) is 12.3 Å². The normalized spacial score (nSPS) is 16.7. The minimum absolute atomic E-state index is 0.0578. The van der Waals surface area contributed by atoms with Gasteiger partial charge in [0, 0.05) is 37.4 Å². The average molecular weight is 449 g/mol. The number of nitrogens with zero attached hydrogens (tertiary/aromatic N) is 4. The summed E-state index contributed by atoms with van der Waals surface area (Å²) in [5.41, 5.74) is 0.177. The van der Waals surface area contributed by atoms with E-state index in [0.29, 0.717) is 29.1 Å². The first kappa shape index (κ1) is 21.8. The van der Waals surface area contributed by atoms with Gasteiger partial charge in [-0.1, -0.05) is 11.6 Å². The first-order valence-corrected chi connectivity index (χ1v) is 10.7. The Morgan fingerprint density at radius 1 is 1.07 bits per heavy atom. The van der Waals surface area contributed by atoms with Crippen molar-refractivity contribution in [3.05, 3.63) is 46.2 Å². The number of hydrogen-bond donors (Lipinski definition) is 0. The fraction of sp³-hybridized carbons (Fsp3) is 0.444. The molecule has 0 atom stereocenters. The molecule has 1 fully saturated rings. The van der Waals surface area contributed by atoms with Crippen molar-refractivity contribution in [2.24, 2.45) is 0 Å². The molecule has 158 valence electrons. The third-order valence-electron chi connectivity index (χ3n) is 4.75. The van der Waals surface area contributed by atoms with E-state index in [9.17, 15) is 21.6 Å². The molecule has 0 N–H and O–H groups in total. The molecule has 1 aliphatic rings. The van der Waals surface area contributed by atoms with Crippen molar-refractivity contribution in [1.29, 1.82) is 0 Å². The molecule has 0 saturated carbocycles. The molecule has 3 rings (SSSR count). The van der Waals surface area contributed by atoms with E-state index < -0.39 is 21.9 Å². The molecule has 29 heavy (non-hydrogen) atoms. The molecule has 1 aliphatic heterocycles. The Bertz CT molecular complexity index is 1010. The van der Waals surface area contributed by atoms with Crippen LogP contribution in [0.1, 0.15) is 23.2 Å². The second-order valence-electron chi connectivity index (χ2n) is 6.85. The second kappa shape index (κ2) is 8.08. The summed E-state index contributed by atoms with van der Waals surface area (Å²) >= 11 is 6.07. The van der Waals surface area contributed by atoms with Crippen molar-refractivity contribution in [2.45, 2.75) is 31.3 Å². The summed E-state index contributed by atoms with van der Waals surface area (Å²) in [7, 11) is -3.77. The summed E-state index contributed by atoms with van der Waals surface area (Å²) in [4.78, 5) is 9.29. The van der Waals surface area contributed by atoms with Crippen LogP contribution in [0, 0.1) is 13.8 Å². The van der Waals surface area contributed by atoms with Gasteiger partial charge in [0.2, 0.25) is 16.0 Å². The van der Waals surface area contributed by atoms with Crippen molar-refractivity contribution >= 4 is 27.6 Å². The predicted octanol–water partition coefficient (Wildman–Crippen LogP) is 3.67. The first-order valence-electron chi connectivity index (χ1n) is 8.92. The number of sulfonamides is 1. The SMILES string of the molecule is Cc1cc(S(=O)(=O)N2CCCN(c3nccc(C(F)(F)F)n3)CC2)c(C)cc1Cl. The molecule has 2 aromatic rings. The summed E-state index contributed by atoms with van der Waals surface area (Å²) in [5, 5.41) is 0.491. The Labute approximate surface area is 172 Å². The highest BCUT2D eigenvalue weighted by Crippen LogP contribution is 2.29. The lowest BCUT2D eigenvalue weighted by atomic mass is 10.2. The fourth-order valence-corrected chi connectivity index (χ4v) is 5.14. The van der Waals surface area contributed by atoms with Gasteiger partial charge in [-0.05, 0) is 49.6 Å². The molecule has 6 nitrogen and oxygen atoms in total. The lowest BCUT2D eigenvalue weighted by molar-refractivity contribution is -0.141. The van der Waals surface area contributed by atoms with Gasteiger partial charge in [-0.3, -0.25) is 0 Å². The van der Waals surface area contributed by atoms with Crippen LogP contribution in [0.4, 0.5) is 19.1 Å². The lowest BCUT2D eigenvalue weighted by Gasteiger charge is -2.23. The minimum Gasteiger partial charge on any atom is -0.339 e. The quantitative estimate of drug-likeness (QED) is 0.716. The molecule has 1 aromatic carbocycles. The van der Waals surface area contributed by atoms with Crippen molar-refractivity contribution < 1.29 is 21.6 Å². The number of benzene rings is 1. The van der Waals surface area contributed by atoms with Crippen LogP contribution in [0.2, 0.25) is 5.02 Å². The number of aromatic nitrogens is 2. The molecule has 0 radical (unpaired) electrons. The number of halogens is 4. The van der Waals surface area contributed by atoms with Gasteiger partial charge in [0.1, 0.15) is 5.69 Å². The molecule has 0 bridgehead atoms. The lowest BCUT2D eigenvalue weighted by Crippen LogP contribution is -2.36. The third kappa shape index (κ3) is 4.65. The first-order chi connectivity index (χ1) is 13.5. The van der Waals surface area contributed by atoms with E-state index in [2.05, 4.69) is 9.97 Å². The monoisotopic (exact) mass is 448 g/mol. The molecular formula is C18H20ClF3N4O2S. The van der Waals surface area contributed by atoms with Gasteiger partial charge in [0.25, 0.3) is 0 Å². The van der Waals surface area contributed by atoms with Crippen LogP contribution in [0.15, 0.2) is 29.3 Å². The van der Waals surface area contributed by atoms with Gasteiger partial charge in [0.05, 0.1) is 4.90 Å². The van der Waals surface area contributed by atoms with E-state index in [1.54, 1.807) is 30.9 Å². The van der Waals surface area contributed by atoms with Crippen LogP contribution < -0.4 is 4.90 Å². The van der Waals surface area contributed by atoms with E-state index in [1.165, 1.54) is 4.31 Å². The summed E-state index contributed by atoms with van der Waals surface area (Å²) in [5.74, 6) is -0.0578. The summed E-state index contributed by atoms with van der Waals surface area (Å²) in [6, 6.07) is 3.97.